The van der Waals surface area contributed by atoms with Crippen molar-refractivity contribution in [3.8, 4) is 6.07 Å². The van der Waals surface area contributed by atoms with Gasteiger partial charge in [-0.1, -0.05) is 24.4 Å². The zero-order chi connectivity index (χ0) is 13.3. The van der Waals surface area contributed by atoms with Crippen molar-refractivity contribution < 1.29 is 0 Å². The molecule has 1 aromatic rings. The van der Waals surface area contributed by atoms with Gasteiger partial charge in [0.25, 0.3) is 0 Å². The SMILES string of the molecule is N#Cc1cc(Cl)ccc1N1CCC2(CCCC2)CC1. The summed E-state index contributed by atoms with van der Waals surface area (Å²) < 4.78 is 0. The molecule has 0 amide bonds. The lowest BCUT2D eigenvalue weighted by atomic mass is 9.77. The fraction of sp³-hybridized carbons (Fsp3) is 0.562. The zero-order valence-corrected chi connectivity index (χ0v) is 11.9. The van der Waals surface area contributed by atoms with Crippen LogP contribution >= 0.6 is 11.6 Å². The zero-order valence-electron chi connectivity index (χ0n) is 11.2. The van der Waals surface area contributed by atoms with Crippen LogP contribution in [0.2, 0.25) is 5.02 Å². The quantitative estimate of drug-likeness (QED) is 0.760. The Morgan fingerprint density at radius 3 is 2.42 bits per heavy atom. The molecule has 0 N–H and O–H groups in total. The van der Waals surface area contributed by atoms with Crippen LogP contribution < -0.4 is 4.90 Å². The summed E-state index contributed by atoms with van der Waals surface area (Å²) in [6.45, 7) is 2.16. The van der Waals surface area contributed by atoms with Crippen LogP contribution in [-0.2, 0) is 0 Å². The van der Waals surface area contributed by atoms with E-state index < -0.39 is 0 Å². The van der Waals surface area contributed by atoms with E-state index in [1.807, 2.05) is 12.1 Å². The normalized spacial score (nSPS) is 21.6. The van der Waals surface area contributed by atoms with Gasteiger partial charge in [0.05, 0.1) is 11.3 Å². The summed E-state index contributed by atoms with van der Waals surface area (Å²) in [5.74, 6) is 0. The van der Waals surface area contributed by atoms with Crippen molar-refractivity contribution in [1.82, 2.24) is 0 Å². The van der Waals surface area contributed by atoms with E-state index in [0.717, 1.165) is 18.8 Å². The molecule has 1 aliphatic carbocycles. The summed E-state index contributed by atoms with van der Waals surface area (Å²) in [5.41, 5.74) is 2.38. The molecule has 1 aromatic carbocycles. The first-order valence-electron chi connectivity index (χ1n) is 7.17. The maximum atomic E-state index is 9.24. The van der Waals surface area contributed by atoms with E-state index in [0.29, 0.717) is 16.0 Å². The van der Waals surface area contributed by atoms with Crippen LogP contribution in [0, 0.1) is 16.7 Å². The first-order chi connectivity index (χ1) is 9.22. The molecule has 0 atom stereocenters. The van der Waals surface area contributed by atoms with Crippen LogP contribution in [0.25, 0.3) is 0 Å². The molecular formula is C16H19ClN2. The molecule has 1 saturated heterocycles. The number of piperidine rings is 1. The highest BCUT2D eigenvalue weighted by molar-refractivity contribution is 6.30. The van der Waals surface area contributed by atoms with Crippen molar-refractivity contribution in [2.24, 2.45) is 5.41 Å². The third-order valence-corrected chi connectivity index (χ3v) is 5.14. The van der Waals surface area contributed by atoms with Crippen molar-refractivity contribution in [3.63, 3.8) is 0 Å². The number of halogens is 1. The van der Waals surface area contributed by atoms with E-state index in [9.17, 15) is 5.26 Å². The van der Waals surface area contributed by atoms with Crippen LogP contribution in [0.4, 0.5) is 5.69 Å². The minimum Gasteiger partial charge on any atom is -0.370 e. The third-order valence-electron chi connectivity index (χ3n) is 4.91. The molecule has 1 heterocycles. The summed E-state index contributed by atoms with van der Waals surface area (Å²) in [7, 11) is 0. The first kappa shape index (κ1) is 12.8. The van der Waals surface area contributed by atoms with Crippen molar-refractivity contribution in [3.05, 3.63) is 28.8 Å². The van der Waals surface area contributed by atoms with Crippen molar-refractivity contribution in [2.45, 2.75) is 38.5 Å². The lowest BCUT2D eigenvalue weighted by molar-refractivity contribution is 0.226. The van der Waals surface area contributed by atoms with Gasteiger partial charge in [-0.05, 0) is 49.3 Å². The molecule has 1 spiro atoms. The van der Waals surface area contributed by atoms with Gasteiger partial charge in [0.1, 0.15) is 6.07 Å². The van der Waals surface area contributed by atoms with E-state index >= 15 is 0 Å². The van der Waals surface area contributed by atoms with Crippen LogP contribution in [-0.4, -0.2) is 13.1 Å². The smallest absolute Gasteiger partial charge is 0.101 e. The Morgan fingerprint density at radius 1 is 1.11 bits per heavy atom. The van der Waals surface area contributed by atoms with Gasteiger partial charge >= 0.3 is 0 Å². The largest absolute Gasteiger partial charge is 0.370 e. The molecule has 0 bridgehead atoms. The Hall–Kier alpha value is -1.20. The number of anilines is 1. The molecule has 2 fully saturated rings. The molecule has 0 radical (unpaired) electrons. The molecule has 100 valence electrons. The van der Waals surface area contributed by atoms with Crippen LogP contribution in [0.1, 0.15) is 44.1 Å². The molecule has 3 rings (SSSR count). The standard InChI is InChI=1S/C16H19ClN2/c17-14-3-4-15(13(11-14)12-18)19-9-7-16(8-10-19)5-1-2-6-16/h3-4,11H,1-2,5-10H2. The molecule has 1 aliphatic heterocycles. The predicted octanol–water partition coefficient (Wildman–Crippen LogP) is 4.37. The Bertz CT molecular complexity index is 502. The van der Waals surface area contributed by atoms with Gasteiger partial charge in [-0.2, -0.15) is 5.26 Å². The number of nitrogens with zero attached hydrogens (tertiary/aromatic N) is 2. The molecule has 1 saturated carbocycles. The van der Waals surface area contributed by atoms with E-state index in [1.54, 1.807) is 6.07 Å². The van der Waals surface area contributed by atoms with Crippen LogP contribution in [0.15, 0.2) is 18.2 Å². The highest BCUT2D eigenvalue weighted by Crippen LogP contribution is 2.46. The molecule has 3 heteroatoms. The fourth-order valence-electron chi connectivity index (χ4n) is 3.72. The fourth-order valence-corrected chi connectivity index (χ4v) is 3.89. The van der Waals surface area contributed by atoms with E-state index in [1.165, 1.54) is 38.5 Å². The van der Waals surface area contributed by atoms with Crippen LogP contribution in [0.3, 0.4) is 0 Å². The molecular weight excluding hydrogens is 256 g/mol. The van der Waals surface area contributed by atoms with Gasteiger partial charge in [0.2, 0.25) is 0 Å². The Morgan fingerprint density at radius 2 is 1.79 bits per heavy atom. The molecule has 0 unspecified atom stereocenters. The van der Waals surface area contributed by atoms with Crippen molar-refractivity contribution in [1.29, 1.82) is 5.26 Å². The predicted molar refractivity (Wildman–Crippen MR) is 78.5 cm³/mol. The maximum Gasteiger partial charge on any atom is 0.101 e. The van der Waals surface area contributed by atoms with E-state index in [-0.39, 0.29) is 0 Å². The van der Waals surface area contributed by atoms with Crippen molar-refractivity contribution in [2.75, 3.05) is 18.0 Å². The number of benzene rings is 1. The third kappa shape index (κ3) is 2.44. The second-order valence-corrected chi connectivity index (χ2v) is 6.40. The number of nitriles is 1. The van der Waals surface area contributed by atoms with Gasteiger partial charge in [0, 0.05) is 18.1 Å². The lowest BCUT2D eigenvalue weighted by Gasteiger charge is -2.40. The first-order valence-corrected chi connectivity index (χ1v) is 7.55. The van der Waals surface area contributed by atoms with Crippen molar-refractivity contribution >= 4 is 17.3 Å². The average Bonchev–Trinajstić information content (AvgIpc) is 2.88. The molecule has 2 nitrogen and oxygen atoms in total. The van der Waals surface area contributed by atoms with Crippen LogP contribution in [0.5, 0.6) is 0 Å². The number of hydrogen-bond donors (Lipinski definition) is 0. The molecule has 2 aliphatic rings. The highest BCUT2D eigenvalue weighted by Gasteiger charge is 2.37. The maximum absolute atomic E-state index is 9.24. The summed E-state index contributed by atoms with van der Waals surface area (Å²) in [4.78, 5) is 2.36. The van der Waals surface area contributed by atoms with Gasteiger partial charge in [-0.3, -0.25) is 0 Å². The van der Waals surface area contributed by atoms with Gasteiger partial charge in [0.15, 0.2) is 0 Å². The number of rotatable bonds is 1. The summed E-state index contributed by atoms with van der Waals surface area (Å²) in [6.07, 6.45) is 8.19. The van der Waals surface area contributed by atoms with E-state index in [2.05, 4.69) is 11.0 Å². The average molecular weight is 275 g/mol. The molecule has 19 heavy (non-hydrogen) atoms. The van der Waals surface area contributed by atoms with Gasteiger partial charge in [-0.15, -0.1) is 0 Å². The summed E-state index contributed by atoms with van der Waals surface area (Å²) in [5, 5.41) is 9.89. The van der Waals surface area contributed by atoms with Gasteiger partial charge < -0.3 is 4.90 Å². The Labute approximate surface area is 120 Å². The monoisotopic (exact) mass is 274 g/mol. The topological polar surface area (TPSA) is 27.0 Å². The van der Waals surface area contributed by atoms with Gasteiger partial charge in [-0.25, -0.2) is 0 Å². The minimum absolute atomic E-state index is 0.621. The summed E-state index contributed by atoms with van der Waals surface area (Å²) in [6, 6.07) is 7.92. The van der Waals surface area contributed by atoms with E-state index in [4.69, 9.17) is 11.6 Å². The minimum atomic E-state index is 0.621. The number of hydrogen-bond acceptors (Lipinski definition) is 2. The second kappa shape index (κ2) is 5.06. The Balaban J connectivity index is 1.77. The summed E-state index contributed by atoms with van der Waals surface area (Å²) >= 11 is 5.96. The Kier molecular flexibility index (Phi) is 3.41. The highest BCUT2D eigenvalue weighted by atomic mass is 35.5. The molecule has 0 aromatic heterocycles. The second-order valence-electron chi connectivity index (χ2n) is 5.97. The lowest BCUT2D eigenvalue weighted by Crippen LogP contribution is -2.39.